The second-order valence-corrected chi connectivity index (χ2v) is 4.78. The number of anilines is 1. The fraction of sp³-hybridized carbons (Fsp3) is 0.250. The Hall–Kier alpha value is -2.81. The number of halogens is 3. The smallest absolute Gasteiger partial charge is 0.416 e. The standard InChI is InChI=1S/C15H15F3N2O.CH4N2O/c1-10-5-4-8-20-14(10)21-9-11-12(15(16,17)18)6-3-7-13(11)19-2;2-3-1-4/h3-8,19H,9H2,1-2H3;1H,2H2,(H,3,4). The molecule has 25 heavy (non-hydrogen) atoms. The number of hydrogen-bond acceptors (Lipinski definition) is 5. The first-order valence-electron chi connectivity index (χ1n) is 7.16. The van der Waals surface area contributed by atoms with E-state index in [-0.39, 0.29) is 12.2 Å². The molecule has 0 unspecified atom stereocenters. The number of amides is 1. The minimum atomic E-state index is -4.43. The number of hydrogen-bond donors (Lipinski definition) is 3. The Balaban J connectivity index is 0.000000705. The first-order valence-corrected chi connectivity index (χ1v) is 7.16. The van der Waals surface area contributed by atoms with Crippen LogP contribution >= 0.6 is 0 Å². The van der Waals surface area contributed by atoms with E-state index in [9.17, 15) is 13.2 Å². The molecule has 0 aliphatic rings. The lowest BCUT2D eigenvalue weighted by Gasteiger charge is -2.17. The zero-order valence-electron chi connectivity index (χ0n) is 13.7. The summed E-state index contributed by atoms with van der Waals surface area (Å²) in [5.74, 6) is 4.74. The van der Waals surface area contributed by atoms with Crippen molar-refractivity contribution in [1.82, 2.24) is 10.4 Å². The topological polar surface area (TPSA) is 89.3 Å². The van der Waals surface area contributed by atoms with Crippen molar-refractivity contribution in [3.05, 3.63) is 53.2 Å². The van der Waals surface area contributed by atoms with Crippen LogP contribution in [0.4, 0.5) is 18.9 Å². The van der Waals surface area contributed by atoms with Crippen LogP contribution in [0.5, 0.6) is 5.88 Å². The van der Waals surface area contributed by atoms with Crippen LogP contribution in [0.2, 0.25) is 0 Å². The summed E-state index contributed by atoms with van der Waals surface area (Å²) in [6.07, 6.45) is -2.48. The number of nitrogens with two attached hydrogens (primary N) is 1. The zero-order chi connectivity index (χ0) is 18.9. The normalized spacial score (nSPS) is 10.3. The molecular formula is C16H19F3N4O2. The molecule has 0 saturated carbocycles. The average molecular weight is 356 g/mol. The monoisotopic (exact) mass is 356 g/mol. The van der Waals surface area contributed by atoms with E-state index in [2.05, 4.69) is 16.1 Å². The van der Waals surface area contributed by atoms with Gasteiger partial charge in [-0.2, -0.15) is 13.2 Å². The van der Waals surface area contributed by atoms with Gasteiger partial charge in [-0.25, -0.2) is 10.8 Å². The van der Waals surface area contributed by atoms with E-state index in [1.54, 1.807) is 37.6 Å². The second-order valence-electron chi connectivity index (χ2n) is 4.78. The van der Waals surface area contributed by atoms with Gasteiger partial charge in [0.25, 0.3) is 0 Å². The Kier molecular flexibility index (Phi) is 7.67. The van der Waals surface area contributed by atoms with Gasteiger partial charge in [0.2, 0.25) is 12.3 Å². The summed E-state index contributed by atoms with van der Waals surface area (Å²) in [4.78, 5) is 13.0. The molecule has 136 valence electrons. The molecule has 0 aliphatic heterocycles. The average Bonchev–Trinajstić information content (AvgIpc) is 2.60. The minimum absolute atomic E-state index is 0.0672. The maximum absolute atomic E-state index is 13.1. The van der Waals surface area contributed by atoms with Gasteiger partial charge in [-0.05, 0) is 25.1 Å². The summed E-state index contributed by atoms with van der Waals surface area (Å²) < 4.78 is 44.7. The third-order valence-corrected chi connectivity index (χ3v) is 3.13. The zero-order valence-corrected chi connectivity index (χ0v) is 13.7. The lowest BCUT2D eigenvalue weighted by molar-refractivity contribution is -0.138. The number of alkyl halides is 3. The van der Waals surface area contributed by atoms with Crippen LogP contribution in [0.3, 0.4) is 0 Å². The Morgan fingerprint density at radius 1 is 1.28 bits per heavy atom. The van der Waals surface area contributed by atoms with E-state index < -0.39 is 11.7 Å². The number of aryl methyl sites for hydroxylation is 1. The number of carbonyl (C=O) groups excluding carboxylic acids is 1. The second kappa shape index (κ2) is 9.48. The minimum Gasteiger partial charge on any atom is -0.473 e. The van der Waals surface area contributed by atoms with E-state index in [0.29, 0.717) is 18.0 Å². The van der Waals surface area contributed by atoms with E-state index >= 15 is 0 Å². The van der Waals surface area contributed by atoms with Gasteiger partial charge in [-0.1, -0.05) is 12.1 Å². The van der Waals surface area contributed by atoms with Crippen molar-refractivity contribution in [3.8, 4) is 5.88 Å². The van der Waals surface area contributed by atoms with Gasteiger partial charge in [-0.15, -0.1) is 0 Å². The quantitative estimate of drug-likeness (QED) is 0.332. The fourth-order valence-electron chi connectivity index (χ4n) is 2.00. The van der Waals surface area contributed by atoms with Gasteiger partial charge in [-0.3, -0.25) is 10.2 Å². The Morgan fingerprint density at radius 3 is 2.48 bits per heavy atom. The predicted octanol–water partition coefficient (Wildman–Crippen LogP) is 2.64. The predicted molar refractivity (Wildman–Crippen MR) is 87.7 cm³/mol. The molecule has 2 aromatic rings. The highest BCUT2D eigenvalue weighted by molar-refractivity contribution is 5.55. The van der Waals surface area contributed by atoms with Crippen LogP contribution in [-0.2, 0) is 17.6 Å². The molecule has 0 bridgehead atoms. The van der Waals surface area contributed by atoms with Gasteiger partial charge >= 0.3 is 6.18 Å². The molecule has 4 N–H and O–H groups in total. The van der Waals surface area contributed by atoms with Crippen molar-refractivity contribution >= 4 is 12.1 Å². The third kappa shape index (κ3) is 5.96. The first kappa shape index (κ1) is 20.2. The number of rotatable bonds is 5. The van der Waals surface area contributed by atoms with E-state index in [4.69, 9.17) is 9.53 Å². The molecule has 9 heteroatoms. The molecule has 0 fully saturated rings. The molecule has 0 aliphatic carbocycles. The molecule has 2 rings (SSSR count). The molecular weight excluding hydrogens is 337 g/mol. The summed E-state index contributed by atoms with van der Waals surface area (Å²) in [5, 5.41) is 2.76. The van der Waals surface area contributed by atoms with Gasteiger partial charge in [0, 0.05) is 30.1 Å². The molecule has 1 aromatic heterocycles. The van der Waals surface area contributed by atoms with Crippen LogP contribution in [0, 0.1) is 6.92 Å². The molecule has 0 radical (unpaired) electrons. The van der Waals surface area contributed by atoms with Gasteiger partial charge in [0.15, 0.2) is 0 Å². The maximum Gasteiger partial charge on any atom is 0.416 e. The lowest BCUT2D eigenvalue weighted by Crippen LogP contribution is -2.18. The van der Waals surface area contributed by atoms with Gasteiger partial charge in [0.1, 0.15) is 6.61 Å². The molecule has 0 saturated heterocycles. The van der Waals surface area contributed by atoms with E-state index in [1.165, 1.54) is 12.3 Å². The summed E-state index contributed by atoms with van der Waals surface area (Å²) in [6.45, 7) is 1.58. The summed E-state index contributed by atoms with van der Waals surface area (Å²) in [5.41, 5.74) is 2.27. The summed E-state index contributed by atoms with van der Waals surface area (Å²) in [6, 6.07) is 7.52. The van der Waals surface area contributed by atoms with E-state index in [1.807, 2.05) is 0 Å². The first-order chi connectivity index (χ1) is 11.8. The highest BCUT2D eigenvalue weighted by Gasteiger charge is 2.34. The Morgan fingerprint density at radius 2 is 1.96 bits per heavy atom. The van der Waals surface area contributed by atoms with Crippen LogP contribution in [-0.4, -0.2) is 18.4 Å². The lowest BCUT2D eigenvalue weighted by atomic mass is 10.1. The van der Waals surface area contributed by atoms with E-state index in [0.717, 1.165) is 11.6 Å². The Bertz CT molecular complexity index is 693. The fourth-order valence-corrected chi connectivity index (χ4v) is 2.00. The highest BCUT2D eigenvalue weighted by Crippen LogP contribution is 2.35. The number of carbonyl (C=O) groups is 1. The highest BCUT2D eigenvalue weighted by atomic mass is 19.4. The van der Waals surface area contributed by atoms with Crippen molar-refractivity contribution in [3.63, 3.8) is 0 Å². The van der Waals surface area contributed by atoms with Crippen molar-refractivity contribution in [2.24, 2.45) is 5.84 Å². The largest absolute Gasteiger partial charge is 0.473 e. The van der Waals surface area contributed by atoms with Crippen molar-refractivity contribution < 1.29 is 22.7 Å². The van der Waals surface area contributed by atoms with Crippen molar-refractivity contribution in [2.45, 2.75) is 19.7 Å². The number of benzene rings is 1. The van der Waals surface area contributed by atoms with Crippen LogP contribution < -0.4 is 21.3 Å². The molecule has 0 atom stereocenters. The molecule has 0 spiro atoms. The Labute approximate surface area is 143 Å². The number of pyridine rings is 1. The van der Waals surface area contributed by atoms with Crippen LogP contribution in [0.1, 0.15) is 16.7 Å². The van der Waals surface area contributed by atoms with Crippen molar-refractivity contribution in [2.75, 3.05) is 12.4 Å². The SMILES string of the molecule is CNc1cccc(C(F)(F)F)c1COc1ncccc1C.NNC=O. The van der Waals surface area contributed by atoms with Crippen LogP contribution in [0.15, 0.2) is 36.5 Å². The number of aromatic nitrogens is 1. The third-order valence-electron chi connectivity index (χ3n) is 3.13. The molecule has 6 nitrogen and oxygen atoms in total. The van der Waals surface area contributed by atoms with Gasteiger partial charge in [0.05, 0.1) is 5.56 Å². The molecule has 1 heterocycles. The number of nitrogens with zero attached hydrogens (tertiary/aromatic N) is 1. The number of hydrazine groups is 1. The van der Waals surface area contributed by atoms with Crippen molar-refractivity contribution in [1.29, 1.82) is 0 Å². The molecule has 1 amide bonds. The number of ether oxygens (including phenoxy) is 1. The maximum atomic E-state index is 13.1. The number of nitrogens with one attached hydrogen (secondary N) is 2. The summed E-state index contributed by atoms with van der Waals surface area (Å²) in [7, 11) is 1.57. The van der Waals surface area contributed by atoms with Crippen LogP contribution in [0.25, 0.3) is 0 Å². The molecule has 1 aromatic carbocycles. The van der Waals surface area contributed by atoms with Gasteiger partial charge < -0.3 is 10.1 Å². The summed E-state index contributed by atoms with van der Waals surface area (Å²) >= 11 is 0.